The molecule has 0 aliphatic carbocycles. The summed E-state index contributed by atoms with van der Waals surface area (Å²) in [4.78, 5) is 17.7. The van der Waals surface area contributed by atoms with Crippen LogP contribution in [-0.4, -0.2) is 10.9 Å². The quantitative estimate of drug-likeness (QED) is 0.729. The van der Waals surface area contributed by atoms with Gasteiger partial charge in [0.05, 0.1) is 5.69 Å². The number of benzene rings is 2. The normalized spacial score (nSPS) is 10.5. The first-order chi connectivity index (χ1) is 11.1. The van der Waals surface area contributed by atoms with E-state index in [9.17, 15) is 4.79 Å². The van der Waals surface area contributed by atoms with Crippen LogP contribution in [0.5, 0.6) is 0 Å². The molecule has 5 heteroatoms. The first-order valence-corrected chi connectivity index (χ1v) is 8.39. The van der Waals surface area contributed by atoms with Crippen molar-refractivity contribution in [1.29, 1.82) is 0 Å². The molecule has 0 aliphatic rings. The number of rotatable bonds is 4. The molecule has 1 N–H and O–H groups in total. The standard InChI is InChI=1S/C18H15ClN2OS/c1-12-16(11-14-9-5-6-10-15(14)19)23-18(20-12)21-17(22)13-7-3-2-4-8-13/h2-10H,11H2,1H3,(H,20,21,22). The zero-order valence-electron chi connectivity index (χ0n) is 12.5. The van der Waals surface area contributed by atoms with Crippen LogP contribution >= 0.6 is 22.9 Å². The average molecular weight is 343 g/mol. The van der Waals surface area contributed by atoms with E-state index in [0.29, 0.717) is 17.1 Å². The molecule has 0 bridgehead atoms. The SMILES string of the molecule is Cc1nc(NC(=O)c2ccccc2)sc1Cc1ccccc1Cl. The van der Waals surface area contributed by atoms with Crippen LogP contribution in [0.3, 0.4) is 0 Å². The van der Waals surface area contributed by atoms with Crippen molar-refractivity contribution in [2.75, 3.05) is 5.32 Å². The molecule has 2 aromatic carbocycles. The summed E-state index contributed by atoms with van der Waals surface area (Å²) >= 11 is 7.70. The summed E-state index contributed by atoms with van der Waals surface area (Å²) in [6.45, 7) is 1.95. The predicted octanol–water partition coefficient (Wildman–Crippen LogP) is 4.95. The van der Waals surface area contributed by atoms with E-state index in [-0.39, 0.29) is 5.91 Å². The highest BCUT2D eigenvalue weighted by atomic mass is 35.5. The topological polar surface area (TPSA) is 42.0 Å². The molecule has 0 fully saturated rings. The number of hydrogen-bond acceptors (Lipinski definition) is 3. The van der Waals surface area contributed by atoms with E-state index in [4.69, 9.17) is 11.6 Å². The minimum absolute atomic E-state index is 0.149. The van der Waals surface area contributed by atoms with Crippen LogP contribution in [0, 0.1) is 6.92 Å². The lowest BCUT2D eigenvalue weighted by Gasteiger charge is -2.02. The number of hydrogen-bond donors (Lipinski definition) is 1. The summed E-state index contributed by atoms with van der Waals surface area (Å²) in [6.07, 6.45) is 0.713. The van der Waals surface area contributed by atoms with E-state index in [1.54, 1.807) is 12.1 Å². The number of aryl methyl sites for hydroxylation is 1. The molecule has 0 spiro atoms. The van der Waals surface area contributed by atoms with Crippen molar-refractivity contribution in [2.45, 2.75) is 13.3 Å². The second kappa shape index (κ2) is 6.94. The van der Waals surface area contributed by atoms with Gasteiger partial charge in [0.2, 0.25) is 0 Å². The maximum atomic E-state index is 12.2. The van der Waals surface area contributed by atoms with Gasteiger partial charge >= 0.3 is 0 Å². The summed E-state index contributed by atoms with van der Waals surface area (Å²) < 4.78 is 0. The van der Waals surface area contributed by atoms with Crippen LogP contribution in [0.15, 0.2) is 54.6 Å². The number of carbonyl (C=O) groups excluding carboxylic acids is 1. The number of nitrogens with one attached hydrogen (secondary N) is 1. The van der Waals surface area contributed by atoms with Gasteiger partial charge in [-0.15, -0.1) is 11.3 Å². The van der Waals surface area contributed by atoms with Crippen molar-refractivity contribution >= 4 is 34.0 Å². The van der Waals surface area contributed by atoms with E-state index in [0.717, 1.165) is 21.2 Å². The third-order valence-corrected chi connectivity index (χ3v) is 4.90. The molecule has 1 heterocycles. The minimum atomic E-state index is -0.149. The lowest BCUT2D eigenvalue weighted by atomic mass is 10.1. The van der Waals surface area contributed by atoms with Crippen molar-refractivity contribution in [3.8, 4) is 0 Å². The number of thiazole rings is 1. The molecular weight excluding hydrogens is 328 g/mol. The number of nitrogens with zero attached hydrogens (tertiary/aromatic N) is 1. The first-order valence-electron chi connectivity index (χ1n) is 7.19. The highest BCUT2D eigenvalue weighted by Gasteiger charge is 2.13. The van der Waals surface area contributed by atoms with E-state index in [2.05, 4.69) is 10.3 Å². The Kier molecular flexibility index (Phi) is 4.74. The second-order valence-corrected chi connectivity index (χ2v) is 6.61. The molecule has 3 aromatic rings. The fraction of sp³-hybridized carbons (Fsp3) is 0.111. The summed E-state index contributed by atoms with van der Waals surface area (Å²) in [5.74, 6) is -0.149. The van der Waals surface area contributed by atoms with Gasteiger partial charge in [-0.3, -0.25) is 10.1 Å². The van der Waals surface area contributed by atoms with E-state index < -0.39 is 0 Å². The monoisotopic (exact) mass is 342 g/mol. The summed E-state index contributed by atoms with van der Waals surface area (Å²) in [6, 6.07) is 16.9. The second-order valence-electron chi connectivity index (χ2n) is 5.12. The number of carbonyl (C=O) groups is 1. The maximum absolute atomic E-state index is 12.2. The van der Waals surface area contributed by atoms with E-state index in [1.807, 2.05) is 49.4 Å². The van der Waals surface area contributed by atoms with Gasteiger partial charge in [0.25, 0.3) is 5.91 Å². The number of amides is 1. The number of aromatic nitrogens is 1. The Morgan fingerprint density at radius 3 is 2.57 bits per heavy atom. The predicted molar refractivity (Wildman–Crippen MR) is 95.5 cm³/mol. The molecule has 0 radical (unpaired) electrons. The van der Waals surface area contributed by atoms with Crippen LogP contribution in [0.2, 0.25) is 5.02 Å². The molecule has 1 aromatic heterocycles. The van der Waals surface area contributed by atoms with Gasteiger partial charge in [-0.25, -0.2) is 4.98 Å². The van der Waals surface area contributed by atoms with Gasteiger partial charge in [-0.1, -0.05) is 48.0 Å². The van der Waals surface area contributed by atoms with E-state index >= 15 is 0 Å². The molecule has 0 saturated carbocycles. The first kappa shape index (κ1) is 15.7. The van der Waals surface area contributed by atoms with Crippen molar-refractivity contribution in [3.63, 3.8) is 0 Å². The molecule has 1 amide bonds. The van der Waals surface area contributed by atoms with Gasteiger partial charge in [0.1, 0.15) is 0 Å². The Morgan fingerprint density at radius 2 is 1.83 bits per heavy atom. The fourth-order valence-corrected chi connectivity index (χ4v) is 3.40. The average Bonchev–Trinajstić information content (AvgIpc) is 2.90. The Balaban J connectivity index is 1.76. The van der Waals surface area contributed by atoms with Gasteiger partial charge in [-0.2, -0.15) is 0 Å². The van der Waals surface area contributed by atoms with Gasteiger partial charge in [-0.05, 0) is 30.7 Å². The molecule has 0 unspecified atom stereocenters. The molecule has 0 saturated heterocycles. The molecule has 3 rings (SSSR count). The highest BCUT2D eigenvalue weighted by Crippen LogP contribution is 2.28. The van der Waals surface area contributed by atoms with Gasteiger partial charge in [0, 0.05) is 21.9 Å². The summed E-state index contributed by atoms with van der Waals surface area (Å²) in [7, 11) is 0. The van der Waals surface area contributed by atoms with Crippen LogP contribution < -0.4 is 5.32 Å². The number of anilines is 1. The highest BCUT2D eigenvalue weighted by molar-refractivity contribution is 7.15. The van der Waals surface area contributed by atoms with Crippen molar-refractivity contribution < 1.29 is 4.79 Å². The zero-order chi connectivity index (χ0) is 16.2. The van der Waals surface area contributed by atoms with Crippen LogP contribution in [0.25, 0.3) is 0 Å². The van der Waals surface area contributed by atoms with Crippen LogP contribution in [0.1, 0.15) is 26.5 Å². The van der Waals surface area contributed by atoms with Crippen molar-refractivity contribution in [1.82, 2.24) is 4.98 Å². The smallest absolute Gasteiger partial charge is 0.257 e. The lowest BCUT2D eigenvalue weighted by Crippen LogP contribution is -2.11. The van der Waals surface area contributed by atoms with Crippen LogP contribution in [0.4, 0.5) is 5.13 Å². The maximum Gasteiger partial charge on any atom is 0.257 e. The minimum Gasteiger partial charge on any atom is -0.298 e. The molecule has 0 atom stereocenters. The molecule has 3 nitrogen and oxygen atoms in total. The van der Waals surface area contributed by atoms with Gasteiger partial charge in [0.15, 0.2) is 5.13 Å². The third-order valence-electron chi connectivity index (χ3n) is 3.46. The number of halogens is 1. The van der Waals surface area contributed by atoms with Crippen molar-refractivity contribution in [3.05, 3.63) is 81.3 Å². The Bertz CT molecular complexity index is 830. The summed E-state index contributed by atoms with van der Waals surface area (Å²) in [5.41, 5.74) is 2.59. The lowest BCUT2D eigenvalue weighted by molar-refractivity contribution is 0.102. The third kappa shape index (κ3) is 3.78. The molecule has 116 valence electrons. The Labute approximate surface area is 144 Å². The summed E-state index contributed by atoms with van der Waals surface area (Å²) in [5, 5.41) is 4.21. The Morgan fingerprint density at radius 1 is 1.13 bits per heavy atom. The van der Waals surface area contributed by atoms with E-state index in [1.165, 1.54) is 11.3 Å². The fourth-order valence-electron chi connectivity index (χ4n) is 2.22. The largest absolute Gasteiger partial charge is 0.298 e. The molecule has 0 aliphatic heterocycles. The molecule has 23 heavy (non-hydrogen) atoms. The molecular formula is C18H15ClN2OS. The van der Waals surface area contributed by atoms with Gasteiger partial charge < -0.3 is 0 Å². The Hall–Kier alpha value is -2.17. The van der Waals surface area contributed by atoms with Crippen molar-refractivity contribution in [2.24, 2.45) is 0 Å². The zero-order valence-corrected chi connectivity index (χ0v) is 14.1. The van der Waals surface area contributed by atoms with Crippen LogP contribution in [-0.2, 0) is 6.42 Å².